The third-order valence-corrected chi connectivity index (χ3v) is 11.8. The van der Waals surface area contributed by atoms with Crippen LogP contribution in [0.4, 0.5) is 9.18 Å². The Bertz CT molecular complexity index is 884. The minimum atomic E-state index is -2.77. The fraction of sp³-hybridized carbons (Fsp3) is 0.519. The Morgan fingerprint density at radius 2 is 1.42 bits per heavy atom. The molecule has 0 spiro atoms. The maximum absolute atomic E-state index is 15.5. The number of rotatable bonds is 5. The second-order valence-electron chi connectivity index (χ2n) is 11.1. The molecule has 4 nitrogen and oxygen atoms in total. The van der Waals surface area contributed by atoms with Crippen molar-refractivity contribution in [1.82, 2.24) is 4.90 Å². The van der Waals surface area contributed by atoms with Gasteiger partial charge in [-0.15, -0.1) is 0 Å². The van der Waals surface area contributed by atoms with Gasteiger partial charge in [0, 0.05) is 18.1 Å². The Labute approximate surface area is 198 Å². The van der Waals surface area contributed by atoms with E-state index in [2.05, 4.69) is 45.0 Å². The summed E-state index contributed by atoms with van der Waals surface area (Å²) in [7, 11) is -2.77. The van der Waals surface area contributed by atoms with Crippen LogP contribution in [0, 0.1) is 0 Å². The Balaban J connectivity index is 1.97. The standard InChI is InChI=1S/C27H38FNO3Si/c1-26(2,3)29(25(30)31)24-18-17-20(19-23(24)28)32-33(27(4,5)6,21-13-9-7-10-14-21)22-15-11-8-12-16-22/h7-16,20,23-24H,17-19H2,1-6H3,(H,30,31)/t20-,23-,24-/m0/s1. The van der Waals surface area contributed by atoms with Crippen LogP contribution in [0.5, 0.6) is 0 Å². The lowest BCUT2D eigenvalue weighted by Crippen LogP contribution is -2.68. The predicted octanol–water partition coefficient (Wildman–Crippen LogP) is 5.60. The highest BCUT2D eigenvalue weighted by atomic mass is 28.4. The lowest BCUT2D eigenvalue weighted by Gasteiger charge is -2.48. The molecular formula is C27H38FNO3Si. The molecule has 0 saturated heterocycles. The first kappa shape index (κ1) is 25.4. The second kappa shape index (κ2) is 9.59. The van der Waals surface area contributed by atoms with E-state index in [1.807, 2.05) is 57.2 Å². The van der Waals surface area contributed by atoms with Gasteiger partial charge in [-0.05, 0) is 49.0 Å². The molecule has 1 fully saturated rings. The Kier molecular flexibility index (Phi) is 7.39. The van der Waals surface area contributed by atoms with Gasteiger partial charge in [0.25, 0.3) is 8.32 Å². The van der Waals surface area contributed by atoms with Crippen molar-refractivity contribution in [2.24, 2.45) is 0 Å². The van der Waals surface area contributed by atoms with Crippen molar-refractivity contribution in [3.63, 3.8) is 0 Å². The molecule has 0 heterocycles. The van der Waals surface area contributed by atoms with Crippen molar-refractivity contribution in [3.8, 4) is 0 Å². The average Bonchev–Trinajstić information content (AvgIpc) is 2.73. The van der Waals surface area contributed by atoms with Gasteiger partial charge in [0.2, 0.25) is 0 Å². The van der Waals surface area contributed by atoms with E-state index >= 15 is 4.39 Å². The minimum absolute atomic E-state index is 0.184. The van der Waals surface area contributed by atoms with Crippen molar-refractivity contribution in [2.45, 2.75) is 89.7 Å². The fourth-order valence-electron chi connectivity index (χ4n) is 5.33. The summed E-state index contributed by atoms with van der Waals surface area (Å²) in [5, 5.41) is 11.9. The van der Waals surface area contributed by atoms with Gasteiger partial charge in [0.1, 0.15) is 6.17 Å². The molecule has 1 N–H and O–H groups in total. The summed E-state index contributed by atoms with van der Waals surface area (Å²) in [6.07, 6.45) is -1.31. The summed E-state index contributed by atoms with van der Waals surface area (Å²) in [5.74, 6) is 0. The molecule has 2 aromatic carbocycles. The van der Waals surface area contributed by atoms with Crippen LogP contribution < -0.4 is 10.4 Å². The molecule has 1 aliphatic carbocycles. The predicted molar refractivity (Wildman–Crippen MR) is 135 cm³/mol. The summed E-state index contributed by atoms with van der Waals surface area (Å²) in [4.78, 5) is 13.2. The molecule has 0 bridgehead atoms. The number of nitrogens with zero attached hydrogens (tertiary/aromatic N) is 1. The van der Waals surface area contributed by atoms with E-state index in [1.165, 1.54) is 15.3 Å². The molecule has 6 heteroatoms. The van der Waals surface area contributed by atoms with E-state index in [9.17, 15) is 9.90 Å². The van der Waals surface area contributed by atoms with E-state index in [0.29, 0.717) is 12.8 Å². The van der Waals surface area contributed by atoms with Gasteiger partial charge in [0.05, 0.1) is 6.04 Å². The third-order valence-electron chi connectivity index (χ3n) is 6.71. The normalized spacial score (nSPS) is 22.1. The molecule has 0 aromatic heterocycles. The van der Waals surface area contributed by atoms with Crippen LogP contribution in [0.15, 0.2) is 60.7 Å². The molecule has 33 heavy (non-hydrogen) atoms. The van der Waals surface area contributed by atoms with E-state index in [-0.39, 0.29) is 17.6 Å². The lowest BCUT2D eigenvalue weighted by molar-refractivity contribution is -0.00867. The van der Waals surface area contributed by atoms with Crippen LogP contribution >= 0.6 is 0 Å². The molecule has 2 aromatic rings. The van der Waals surface area contributed by atoms with Crippen LogP contribution in [-0.2, 0) is 4.43 Å². The number of amides is 1. The SMILES string of the molecule is CC(C)(C)N(C(=O)O)[C@H]1CC[C@H](O[Si](c2ccccc2)(c2ccccc2)C(C)(C)C)C[C@@H]1F. The Morgan fingerprint density at radius 1 is 0.939 bits per heavy atom. The first-order chi connectivity index (χ1) is 15.4. The summed E-state index contributed by atoms with van der Waals surface area (Å²) < 4.78 is 22.6. The van der Waals surface area contributed by atoms with Crippen LogP contribution in [0.1, 0.15) is 60.8 Å². The summed E-state index contributed by atoms with van der Waals surface area (Å²) in [5.41, 5.74) is -0.660. The van der Waals surface area contributed by atoms with Gasteiger partial charge in [-0.3, -0.25) is 4.90 Å². The molecule has 1 aliphatic rings. The quantitative estimate of drug-likeness (QED) is 0.578. The van der Waals surface area contributed by atoms with Gasteiger partial charge < -0.3 is 9.53 Å². The van der Waals surface area contributed by atoms with E-state index in [1.54, 1.807) is 0 Å². The fourth-order valence-corrected chi connectivity index (χ4v) is 10.1. The molecule has 0 aliphatic heterocycles. The summed E-state index contributed by atoms with van der Waals surface area (Å²) in [6, 6.07) is 20.1. The number of benzene rings is 2. The van der Waals surface area contributed by atoms with Crippen molar-refractivity contribution < 1.29 is 18.7 Å². The van der Waals surface area contributed by atoms with Gasteiger partial charge in [-0.1, -0.05) is 81.4 Å². The topological polar surface area (TPSA) is 49.8 Å². The smallest absolute Gasteiger partial charge is 0.408 e. The van der Waals surface area contributed by atoms with E-state index in [4.69, 9.17) is 4.43 Å². The number of carbonyl (C=O) groups is 1. The molecule has 0 radical (unpaired) electrons. The van der Waals surface area contributed by atoms with Crippen LogP contribution in [0.25, 0.3) is 0 Å². The molecule has 3 atom stereocenters. The highest BCUT2D eigenvalue weighted by Gasteiger charge is 2.52. The van der Waals surface area contributed by atoms with E-state index in [0.717, 1.165) is 0 Å². The van der Waals surface area contributed by atoms with Gasteiger partial charge in [-0.2, -0.15) is 0 Å². The Morgan fingerprint density at radius 3 is 1.79 bits per heavy atom. The maximum Gasteiger partial charge on any atom is 0.408 e. The monoisotopic (exact) mass is 471 g/mol. The average molecular weight is 472 g/mol. The van der Waals surface area contributed by atoms with E-state index < -0.39 is 32.2 Å². The highest BCUT2D eigenvalue weighted by molar-refractivity contribution is 6.99. The summed E-state index contributed by atoms with van der Waals surface area (Å²) >= 11 is 0. The van der Waals surface area contributed by atoms with Crippen molar-refractivity contribution >= 4 is 24.8 Å². The molecule has 1 saturated carbocycles. The van der Waals surface area contributed by atoms with Gasteiger partial charge >= 0.3 is 6.09 Å². The number of carboxylic acid groups (broad SMARTS) is 1. The van der Waals surface area contributed by atoms with Crippen molar-refractivity contribution in [3.05, 3.63) is 60.7 Å². The van der Waals surface area contributed by atoms with Gasteiger partial charge in [0.15, 0.2) is 0 Å². The highest BCUT2D eigenvalue weighted by Crippen LogP contribution is 2.40. The van der Waals surface area contributed by atoms with Crippen molar-refractivity contribution in [1.29, 1.82) is 0 Å². The van der Waals surface area contributed by atoms with Crippen LogP contribution in [0.3, 0.4) is 0 Å². The molecule has 1 amide bonds. The number of hydrogen-bond acceptors (Lipinski definition) is 2. The zero-order chi connectivity index (χ0) is 24.4. The summed E-state index contributed by atoms with van der Waals surface area (Å²) in [6.45, 7) is 12.1. The second-order valence-corrected chi connectivity index (χ2v) is 15.4. The third kappa shape index (κ3) is 5.17. The first-order valence-corrected chi connectivity index (χ1v) is 13.7. The van der Waals surface area contributed by atoms with Crippen LogP contribution in [-0.4, -0.2) is 48.3 Å². The number of alkyl halides is 1. The zero-order valence-electron chi connectivity index (χ0n) is 20.7. The number of hydrogen-bond donors (Lipinski definition) is 1. The molecule has 3 rings (SSSR count). The largest absolute Gasteiger partial charge is 0.465 e. The molecule has 180 valence electrons. The zero-order valence-corrected chi connectivity index (χ0v) is 21.7. The van der Waals surface area contributed by atoms with Crippen molar-refractivity contribution in [2.75, 3.05) is 0 Å². The molecule has 0 unspecified atom stereocenters. The first-order valence-electron chi connectivity index (χ1n) is 11.8. The van der Waals surface area contributed by atoms with Gasteiger partial charge in [-0.25, -0.2) is 9.18 Å². The lowest BCUT2D eigenvalue weighted by atomic mass is 9.88. The Hall–Kier alpha value is -2.18. The van der Waals surface area contributed by atoms with Crippen LogP contribution in [0.2, 0.25) is 5.04 Å². The molecular weight excluding hydrogens is 433 g/mol. The number of halogens is 1. The maximum atomic E-state index is 15.5. The minimum Gasteiger partial charge on any atom is -0.465 e.